The van der Waals surface area contributed by atoms with Crippen molar-refractivity contribution in [1.82, 2.24) is 0 Å². The van der Waals surface area contributed by atoms with Crippen molar-refractivity contribution in [2.75, 3.05) is 0 Å². The molecule has 78 heavy (non-hydrogen) atoms. The molecule has 6 aromatic heterocycles. The fourth-order valence-electron chi connectivity index (χ4n) is 10.9. The molecule has 372 valence electrons. The maximum absolute atomic E-state index is 2.37. The number of hydrogen-bond acceptors (Lipinski definition) is 0. The zero-order chi connectivity index (χ0) is 52.0. The third kappa shape index (κ3) is 11.3. The van der Waals surface area contributed by atoms with Gasteiger partial charge in [0.2, 0.25) is 0 Å². The number of hydrogen-bond donors (Lipinski definition) is 0. The molecule has 0 saturated heterocycles. The first-order chi connectivity index (χ1) is 38.5. The molecule has 0 radical (unpaired) electrons. The van der Waals surface area contributed by atoms with E-state index in [0.29, 0.717) is 0 Å². The number of fused-ring (bicyclic) bond motifs is 3. The van der Waals surface area contributed by atoms with Gasteiger partial charge in [-0.25, -0.2) is 27.4 Å². The molecule has 0 aliphatic carbocycles. The lowest BCUT2D eigenvalue weighted by Gasteiger charge is -2.08. The molecule has 6 heteroatoms. The molecule has 0 fully saturated rings. The third-order valence-corrected chi connectivity index (χ3v) is 15.1. The molecule has 0 atom stereocenters. The largest absolute Gasteiger partial charge is 0.201 e. The minimum Gasteiger partial charge on any atom is -0.201 e. The highest BCUT2D eigenvalue weighted by Gasteiger charge is 2.16. The first kappa shape index (κ1) is 47.9. The summed E-state index contributed by atoms with van der Waals surface area (Å²) in [6.45, 7) is 4.78. The number of rotatable bonds is 15. The second-order valence-electron chi connectivity index (χ2n) is 20.8. The molecule has 0 amide bonds. The van der Waals surface area contributed by atoms with E-state index < -0.39 is 0 Å². The van der Waals surface area contributed by atoms with Gasteiger partial charge in [0.05, 0.1) is 0 Å². The number of nitrogens with zero attached hydrogens (tertiary/aromatic N) is 6. The standard InChI is InChI=1S/C72H60N6/c1-4-10-70-46-55(13-16-61(70)7-1)49-73-31-19-64(20-32-73)67-25-37-76(38-26-67)52-58-43-59(53-77-39-27-68(28-40-77)65-21-33-74(34-22-65)50-56-14-17-62-8-2-5-11-71(62)47-56)45-60(44-58)54-78-41-29-69(30-42-78)66-23-35-75(36-24-66)51-57-15-18-63-9-3-6-12-72(63)48-57/h1-48H,49-54H2/q+6. The summed E-state index contributed by atoms with van der Waals surface area (Å²) >= 11 is 0. The smallest absolute Gasteiger partial charge is 0.173 e. The fourth-order valence-corrected chi connectivity index (χ4v) is 10.9. The SMILES string of the molecule is c1ccc2cc(C[n+]3ccc(-c4cc[n+](Cc5cc(C[n+]6ccc(-c7cc[n+](Cc8ccc9ccccc9c8)cc7)cc6)cc(C[n+]6ccc(-c7cc[n+](Cc8ccc9ccccc9c8)cc7)cc6)c5)cc4)cc3)ccc2c1. The molecule has 0 saturated carbocycles. The summed E-state index contributed by atoms with van der Waals surface area (Å²) in [5, 5.41) is 7.65. The van der Waals surface area contributed by atoms with E-state index in [0.717, 1.165) is 39.3 Å². The van der Waals surface area contributed by atoms with Crippen LogP contribution in [0.4, 0.5) is 0 Å². The van der Waals surface area contributed by atoms with Gasteiger partial charge in [-0.15, -0.1) is 0 Å². The molecule has 0 bridgehead atoms. The van der Waals surface area contributed by atoms with Crippen LogP contribution in [-0.2, 0) is 39.3 Å². The van der Waals surface area contributed by atoms with Gasteiger partial charge < -0.3 is 0 Å². The molecule has 0 aliphatic heterocycles. The molecule has 13 rings (SSSR count). The van der Waals surface area contributed by atoms with E-state index in [-0.39, 0.29) is 0 Å². The summed E-state index contributed by atoms with van der Waals surface area (Å²) in [6, 6.07) is 79.7. The second-order valence-corrected chi connectivity index (χ2v) is 20.8. The number of benzene rings is 7. The molecular formula is C72H60N6+6. The van der Waals surface area contributed by atoms with Crippen molar-refractivity contribution in [2.24, 2.45) is 0 Å². The Balaban J connectivity index is 0.707. The monoisotopic (exact) mass is 1010 g/mol. The van der Waals surface area contributed by atoms with Crippen LogP contribution >= 0.6 is 0 Å². The van der Waals surface area contributed by atoms with E-state index in [9.17, 15) is 0 Å². The minimum atomic E-state index is 0.763. The average Bonchev–Trinajstić information content (AvgIpc) is 3.49. The maximum Gasteiger partial charge on any atom is 0.173 e. The Morgan fingerprint density at radius 2 is 0.359 bits per heavy atom. The fraction of sp³-hybridized carbons (Fsp3) is 0.0833. The molecule has 13 aromatic rings. The Morgan fingerprint density at radius 3 is 0.577 bits per heavy atom. The van der Waals surface area contributed by atoms with Crippen molar-refractivity contribution >= 4 is 32.3 Å². The van der Waals surface area contributed by atoms with Crippen molar-refractivity contribution in [3.8, 4) is 33.4 Å². The minimum absolute atomic E-state index is 0.763. The maximum atomic E-state index is 2.37. The predicted molar refractivity (Wildman–Crippen MR) is 310 cm³/mol. The normalized spacial score (nSPS) is 11.4. The Morgan fingerprint density at radius 1 is 0.167 bits per heavy atom. The summed E-state index contributed by atoms with van der Waals surface area (Å²) in [4.78, 5) is 0. The topological polar surface area (TPSA) is 23.3 Å². The van der Waals surface area contributed by atoms with Crippen molar-refractivity contribution in [2.45, 2.75) is 39.3 Å². The number of pyridine rings is 6. The van der Waals surface area contributed by atoms with E-state index in [1.807, 2.05) is 0 Å². The van der Waals surface area contributed by atoms with Gasteiger partial charge >= 0.3 is 0 Å². The quantitative estimate of drug-likeness (QED) is 0.0914. The van der Waals surface area contributed by atoms with Gasteiger partial charge in [0.25, 0.3) is 0 Å². The Bertz CT molecular complexity index is 3760. The highest BCUT2D eigenvalue weighted by atomic mass is 15.0. The summed E-state index contributed by atoms with van der Waals surface area (Å²) in [6.07, 6.45) is 26.4. The summed E-state index contributed by atoms with van der Waals surface area (Å²) < 4.78 is 13.6. The highest BCUT2D eigenvalue weighted by Crippen LogP contribution is 2.22. The zero-order valence-corrected chi connectivity index (χ0v) is 43.6. The third-order valence-electron chi connectivity index (χ3n) is 15.1. The summed E-state index contributed by atoms with van der Waals surface area (Å²) in [5.41, 5.74) is 14.9. The molecule has 0 spiro atoms. The van der Waals surface area contributed by atoms with Crippen LogP contribution in [0, 0.1) is 0 Å². The van der Waals surface area contributed by atoms with Crippen LogP contribution in [0.5, 0.6) is 0 Å². The second kappa shape index (κ2) is 21.8. The molecule has 7 aromatic carbocycles. The van der Waals surface area contributed by atoms with Gasteiger partial charge in [-0.1, -0.05) is 109 Å². The van der Waals surface area contributed by atoms with Gasteiger partial charge in [-0.2, -0.15) is 0 Å². The zero-order valence-electron chi connectivity index (χ0n) is 43.6. The van der Waals surface area contributed by atoms with E-state index in [2.05, 4.69) is 320 Å². The molecule has 0 unspecified atom stereocenters. The van der Waals surface area contributed by atoms with Crippen LogP contribution in [0.2, 0.25) is 0 Å². The van der Waals surface area contributed by atoms with Crippen LogP contribution < -0.4 is 27.4 Å². The Kier molecular flexibility index (Phi) is 13.4. The number of aromatic nitrogens is 6. The lowest BCUT2D eigenvalue weighted by molar-refractivity contribution is -0.690. The lowest BCUT2D eigenvalue weighted by atomic mass is 10.0. The predicted octanol–water partition coefficient (Wildman–Crippen LogP) is 12.2. The van der Waals surface area contributed by atoms with Gasteiger partial charge in [-0.3, -0.25) is 0 Å². The van der Waals surface area contributed by atoms with E-state index in [4.69, 9.17) is 0 Å². The van der Waals surface area contributed by atoms with Crippen molar-refractivity contribution in [3.05, 3.63) is 326 Å². The van der Waals surface area contributed by atoms with Gasteiger partial charge in [-0.05, 0) is 102 Å². The molecule has 6 nitrogen and oxygen atoms in total. The van der Waals surface area contributed by atoms with Crippen LogP contribution in [0.1, 0.15) is 33.4 Å². The molecule has 0 N–H and O–H groups in total. The highest BCUT2D eigenvalue weighted by molar-refractivity contribution is 5.84. The Hall–Kier alpha value is -9.78. The van der Waals surface area contributed by atoms with Crippen LogP contribution in [0.25, 0.3) is 65.7 Å². The van der Waals surface area contributed by atoms with Gasteiger partial charge in [0.1, 0.15) is 0 Å². The van der Waals surface area contributed by atoms with Crippen molar-refractivity contribution < 1.29 is 27.4 Å². The molecular weight excluding hydrogens is 949 g/mol. The first-order valence-corrected chi connectivity index (χ1v) is 27.0. The van der Waals surface area contributed by atoms with E-state index >= 15 is 0 Å². The van der Waals surface area contributed by atoms with Gasteiger partial charge in [0, 0.05) is 106 Å². The average molecular weight is 1010 g/mol. The summed E-state index contributed by atoms with van der Waals surface area (Å²) in [5.74, 6) is 0. The van der Waals surface area contributed by atoms with Crippen molar-refractivity contribution in [1.29, 1.82) is 0 Å². The molecule has 6 heterocycles. The van der Waals surface area contributed by atoms with Gasteiger partial charge in [0.15, 0.2) is 114 Å². The lowest BCUT2D eigenvalue weighted by Crippen LogP contribution is -2.36. The van der Waals surface area contributed by atoms with Crippen molar-refractivity contribution in [3.63, 3.8) is 0 Å². The van der Waals surface area contributed by atoms with E-state index in [1.165, 1.54) is 99.1 Å². The first-order valence-electron chi connectivity index (χ1n) is 27.0. The van der Waals surface area contributed by atoms with E-state index in [1.54, 1.807) is 0 Å². The Labute approximate surface area is 456 Å². The molecule has 0 aliphatic rings. The van der Waals surface area contributed by atoms with Crippen LogP contribution in [0.3, 0.4) is 0 Å². The summed E-state index contributed by atoms with van der Waals surface area (Å²) in [7, 11) is 0. The van der Waals surface area contributed by atoms with Crippen LogP contribution in [-0.4, -0.2) is 0 Å². The van der Waals surface area contributed by atoms with Crippen LogP contribution in [0.15, 0.2) is 293 Å².